The molecule has 1 aliphatic heterocycles. The van der Waals surface area contributed by atoms with Crippen LogP contribution in [0.15, 0.2) is 114 Å². The Kier molecular flexibility index (Phi) is 5.61. The van der Waals surface area contributed by atoms with E-state index in [0.717, 1.165) is 0 Å². The second-order valence-electron chi connectivity index (χ2n) is 7.34. The molecule has 1 atom stereocenters. The number of benzene rings is 3. The maximum absolute atomic E-state index is 6.15. The van der Waals surface area contributed by atoms with Gasteiger partial charge in [-0.05, 0) is 47.0 Å². The maximum Gasteiger partial charge on any atom is 0.102 e. The van der Waals surface area contributed by atoms with E-state index in [1.54, 1.807) is 0 Å². The first-order chi connectivity index (χ1) is 14.3. The van der Waals surface area contributed by atoms with Gasteiger partial charge in [0, 0.05) is 6.54 Å². The molecule has 0 saturated heterocycles. The smallest absolute Gasteiger partial charge is 0.102 e. The Morgan fingerprint density at radius 2 is 1.24 bits per heavy atom. The van der Waals surface area contributed by atoms with Crippen LogP contribution in [0.2, 0.25) is 0 Å². The highest BCUT2D eigenvalue weighted by Crippen LogP contribution is 2.37. The van der Waals surface area contributed by atoms with Gasteiger partial charge in [0.2, 0.25) is 0 Å². The molecule has 0 fully saturated rings. The number of rotatable bonds is 6. The Labute approximate surface area is 173 Å². The molecule has 0 saturated carbocycles. The van der Waals surface area contributed by atoms with Gasteiger partial charge in [-0.1, -0.05) is 91.0 Å². The lowest BCUT2D eigenvalue weighted by Gasteiger charge is -2.41. The Morgan fingerprint density at radius 3 is 1.66 bits per heavy atom. The molecule has 0 bridgehead atoms. The van der Waals surface area contributed by atoms with Gasteiger partial charge >= 0.3 is 0 Å². The molecule has 1 aliphatic rings. The van der Waals surface area contributed by atoms with Gasteiger partial charge in [-0.15, -0.1) is 0 Å². The van der Waals surface area contributed by atoms with Crippen LogP contribution in [0.25, 0.3) is 0 Å². The monoisotopic (exact) mass is 381 g/mol. The van der Waals surface area contributed by atoms with Crippen molar-refractivity contribution in [2.24, 2.45) is 5.73 Å². The van der Waals surface area contributed by atoms with E-state index < -0.39 is 5.54 Å². The number of dihydropyridines is 1. The summed E-state index contributed by atoms with van der Waals surface area (Å²) in [4.78, 5) is 0. The highest BCUT2D eigenvalue weighted by Gasteiger charge is 2.39. The van der Waals surface area contributed by atoms with Crippen LogP contribution in [-0.4, -0.2) is 12.7 Å². The van der Waals surface area contributed by atoms with Gasteiger partial charge in [-0.25, -0.2) is 0 Å². The average Bonchev–Trinajstić information content (AvgIpc) is 2.79. The van der Waals surface area contributed by atoms with Crippen molar-refractivity contribution in [3.05, 3.63) is 131 Å². The first kappa shape index (κ1) is 19.2. The SMILES string of the molecule is CC1=C(CN)C(NC(c2ccccc2)(c2ccccc2)c2ccccc2)NC=C1. The van der Waals surface area contributed by atoms with Crippen LogP contribution in [0, 0.1) is 0 Å². The second kappa shape index (κ2) is 8.48. The minimum absolute atomic E-state index is 0.0781. The van der Waals surface area contributed by atoms with Crippen LogP contribution in [0.4, 0.5) is 0 Å². The molecule has 1 unspecified atom stereocenters. The molecule has 0 spiro atoms. The van der Waals surface area contributed by atoms with Crippen molar-refractivity contribution in [2.75, 3.05) is 6.54 Å². The number of hydrogen-bond acceptors (Lipinski definition) is 3. The van der Waals surface area contributed by atoms with Gasteiger partial charge in [-0.2, -0.15) is 0 Å². The first-order valence-electron chi connectivity index (χ1n) is 10.0. The van der Waals surface area contributed by atoms with Gasteiger partial charge in [0.1, 0.15) is 6.17 Å². The van der Waals surface area contributed by atoms with E-state index in [2.05, 4.69) is 115 Å². The summed E-state index contributed by atoms with van der Waals surface area (Å²) in [7, 11) is 0. The third-order valence-electron chi connectivity index (χ3n) is 5.65. The lowest BCUT2D eigenvalue weighted by atomic mass is 9.76. The predicted octanol–water partition coefficient (Wildman–Crippen LogP) is 4.29. The van der Waals surface area contributed by atoms with Crippen LogP contribution < -0.4 is 16.4 Å². The number of hydrogen-bond donors (Lipinski definition) is 3. The van der Waals surface area contributed by atoms with Crippen molar-refractivity contribution in [3.8, 4) is 0 Å². The van der Waals surface area contributed by atoms with Crippen molar-refractivity contribution < 1.29 is 0 Å². The molecule has 1 heterocycles. The molecule has 29 heavy (non-hydrogen) atoms. The van der Waals surface area contributed by atoms with Gasteiger partial charge in [0.15, 0.2) is 0 Å². The van der Waals surface area contributed by atoms with Crippen LogP contribution >= 0.6 is 0 Å². The molecule has 0 aliphatic carbocycles. The van der Waals surface area contributed by atoms with Crippen LogP contribution in [0.5, 0.6) is 0 Å². The lowest BCUT2D eigenvalue weighted by molar-refractivity contribution is 0.391. The van der Waals surface area contributed by atoms with Gasteiger partial charge in [0.25, 0.3) is 0 Å². The van der Waals surface area contributed by atoms with E-state index >= 15 is 0 Å². The molecule has 3 heteroatoms. The molecule has 4 N–H and O–H groups in total. The first-order valence-corrected chi connectivity index (χ1v) is 10.0. The van der Waals surface area contributed by atoms with Crippen LogP contribution in [-0.2, 0) is 5.54 Å². The molecular weight excluding hydrogens is 354 g/mol. The van der Waals surface area contributed by atoms with Crippen molar-refractivity contribution in [3.63, 3.8) is 0 Å². The highest BCUT2D eigenvalue weighted by molar-refractivity contribution is 5.50. The van der Waals surface area contributed by atoms with E-state index in [0.29, 0.717) is 6.54 Å². The predicted molar refractivity (Wildman–Crippen MR) is 120 cm³/mol. The fraction of sp³-hybridized carbons (Fsp3) is 0.154. The van der Waals surface area contributed by atoms with Gasteiger partial charge < -0.3 is 11.1 Å². The number of nitrogens with two attached hydrogens (primary N) is 1. The Morgan fingerprint density at radius 1 is 0.793 bits per heavy atom. The average molecular weight is 382 g/mol. The summed E-state index contributed by atoms with van der Waals surface area (Å²) < 4.78 is 0. The van der Waals surface area contributed by atoms with Crippen molar-refractivity contribution in [1.29, 1.82) is 0 Å². The zero-order valence-electron chi connectivity index (χ0n) is 16.7. The summed E-state index contributed by atoms with van der Waals surface area (Å²) >= 11 is 0. The standard InChI is InChI=1S/C26H27N3/c1-20-17-18-28-25(24(20)19-27)29-26(21-11-5-2-6-12-21,22-13-7-3-8-14-22)23-15-9-4-10-16-23/h2-18,25,28-29H,19,27H2,1H3. The highest BCUT2D eigenvalue weighted by atomic mass is 15.2. The summed E-state index contributed by atoms with van der Waals surface area (Å²) in [5, 5.41) is 7.44. The molecule has 3 aromatic carbocycles. The lowest BCUT2D eigenvalue weighted by Crippen LogP contribution is -2.56. The normalized spacial score (nSPS) is 16.6. The molecule has 0 amide bonds. The quantitative estimate of drug-likeness (QED) is 0.559. The molecule has 146 valence electrons. The van der Waals surface area contributed by atoms with E-state index in [1.165, 1.54) is 27.8 Å². The van der Waals surface area contributed by atoms with Crippen molar-refractivity contribution >= 4 is 0 Å². The van der Waals surface area contributed by atoms with E-state index in [4.69, 9.17) is 5.73 Å². The maximum atomic E-state index is 6.15. The Balaban J connectivity index is 1.95. The Bertz CT molecular complexity index is 895. The van der Waals surface area contributed by atoms with Crippen molar-refractivity contribution in [2.45, 2.75) is 18.6 Å². The molecule has 3 nitrogen and oxygen atoms in total. The van der Waals surface area contributed by atoms with Gasteiger partial charge in [-0.3, -0.25) is 5.32 Å². The number of allylic oxidation sites excluding steroid dienone is 2. The van der Waals surface area contributed by atoms with E-state index in [-0.39, 0.29) is 6.17 Å². The summed E-state index contributed by atoms with van der Waals surface area (Å²) in [6.45, 7) is 2.61. The summed E-state index contributed by atoms with van der Waals surface area (Å²) in [5.41, 5.74) is 11.5. The fourth-order valence-electron chi connectivity index (χ4n) is 4.14. The second-order valence-corrected chi connectivity index (χ2v) is 7.34. The fourth-order valence-corrected chi connectivity index (χ4v) is 4.14. The molecule has 3 aromatic rings. The van der Waals surface area contributed by atoms with E-state index in [1.807, 2.05) is 6.20 Å². The van der Waals surface area contributed by atoms with Crippen LogP contribution in [0.1, 0.15) is 23.6 Å². The third-order valence-corrected chi connectivity index (χ3v) is 5.65. The molecule has 0 radical (unpaired) electrons. The minimum Gasteiger partial charge on any atom is -0.372 e. The molecule has 0 aromatic heterocycles. The molecular formula is C26H27N3. The Hall–Kier alpha value is -3.14. The van der Waals surface area contributed by atoms with E-state index in [9.17, 15) is 0 Å². The number of nitrogens with one attached hydrogen (secondary N) is 2. The summed E-state index contributed by atoms with van der Waals surface area (Å²) in [6.07, 6.45) is 4.00. The largest absolute Gasteiger partial charge is 0.372 e. The van der Waals surface area contributed by atoms with Crippen molar-refractivity contribution in [1.82, 2.24) is 10.6 Å². The van der Waals surface area contributed by atoms with Crippen LogP contribution in [0.3, 0.4) is 0 Å². The van der Waals surface area contributed by atoms with Gasteiger partial charge in [0.05, 0.1) is 5.54 Å². The minimum atomic E-state index is -0.534. The summed E-state index contributed by atoms with van der Waals surface area (Å²) in [5.74, 6) is 0. The zero-order valence-corrected chi connectivity index (χ0v) is 16.7. The molecule has 4 rings (SSSR count). The zero-order chi connectivity index (χ0) is 20.1. The third kappa shape index (κ3) is 3.63. The summed E-state index contributed by atoms with van der Waals surface area (Å²) in [6, 6.07) is 31.8. The topological polar surface area (TPSA) is 50.1 Å².